The summed E-state index contributed by atoms with van der Waals surface area (Å²) in [5, 5.41) is 13.0. The number of rotatable bonds is 6. The third-order valence-electron chi connectivity index (χ3n) is 5.13. The van der Waals surface area contributed by atoms with E-state index in [1.54, 1.807) is 19.1 Å². The normalized spacial score (nSPS) is 16.7. The number of alkyl halides is 3. The first-order valence-corrected chi connectivity index (χ1v) is 10.7. The van der Waals surface area contributed by atoms with Crippen LogP contribution in [-0.2, 0) is 6.18 Å². The van der Waals surface area contributed by atoms with Crippen LogP contribution in [0.25, 0.3) is 0 Å². The number of pyridine rings is 2. The van der Waals surface area contributed by atoms with Crippen molar-refractivity contribution >= 4 is 22.5 Å². The maximum absolute atomic E-state index is 13.2. The lowest BCUT2D eigenvalue weighted by Gasteiger charge is -2.32. The summed E-state index contributed by atoms with van der Waals surface area (Å²) in [5.41, 5.74) is -0.926. The summed E-state index contributed by atoms with van der Waals surface area (Å²) < 4.78 is 49.6. The molecule has 1 fully saturated rings. The molecule has 1 saturated heterocycles. The molecular weight excluding hydrogens is 445 g/mol. The second-order valence-electron chi connectivity index (χ2n) is 7.38. The van der Waals surface area contributed by atoms with Gasteiger partial charge in [-0.2, -0.15) is 17.5 Å². The smallest absolute Gasteiger partial charge is 0.418 e. The molecule has 1 unspecified atom stereocenters. The number of nitrogens with zero attached hydrogens (tertiary/aromatic N) is 5. The molecule has 4 rings (SSSR count). The Labute approximate surface area is 186 Å². The lowest BCUT2D eigenvalue weighted by Crippen LogP contribution is -2.39. The van der Waals surface area contributed by atoms with Gasteiger partial charge < -0.3 is 15.2 Å². The number of ether oxygens (including phenoxy) is 1. The molecule has 0 saturated carbocycles. The molecule has 32 heavy (non-hydrogen) atoms. The highest BCUT2D eigenvalue weighted by atomic mass is 32.1. The number of aliphatic hydroxyl groups is 1. The summed E-state index contributed by atoms with van der Waals surface area (Å²) in [4.78, 5) is 14.3. The predicted octanol–water partition coefficient (Wildman–Crippen LogP) is 4.40. The highest BCUT2D eigenvalue weighted by Gasteiger charge is 2.32. The fourth-order valence-electron chi connectivity index (χ4n) is 3.39. The number of hydrogen-bond acceptors (Lipinski definition) is 9. The number of nitrogens with one attached hydrogen (secondary N) is 1. The van der Waals surface area contributed by atoms with Crippen LogP contribution in [0.4, 0.5) is 24.1 Å². The molecule has 0 bridgehead atoms. The topological polar surface area (TPSA) is 96.3 Å². The van der Waals surface area contributed by atoms with Gasteiger partial charge in [0.25, 0.3) is 0 Å². The standard InChI is InChI=1S/C20H21F3N6O2S/c1-12(30)29-7-4-13(5-8-29)17-26-19(32-28-17)27-18-16(31-15-3-2-6-24-11-15)9-14(10-25-18)20(21,22)23/h2-3,6,9-13,30H,4-5,7-8H2,1H3,(H,25,26,27,28). The molecule has 170 valence electrons. The molecule has 1 aliphatic rings. The van der Waals surface area contributed by atoms with E-state index in [-0.39, 0.29) is 23.2 Å². The van der Waals surface area contributed by atoms with E-state index in [2.05, 4.69) is 24.6 Å². The second-order valence-corrected chi connectivity index (χ2v) is 8.14. The van der Waals surface area contributed by atoms with Crippen molar-refractivity contribution in [1.29, 1.82) is 0 Å². The van der Waals surface area contributed by atoms with Gasteiger partial charge in [0, 0.05) is 42.9 Å². The Hall–Kier alpha value is -2.83. The van der Waals surface area contributed by atoms with Crippen LogP contribution in [0.3, 0.4) is 0 Å². The highest BCUT2D eigenvalue weighted by molar-refractivity contribution is 7.09. The molecule has 12 heteroatoms. The summed E-state index contributed by atoms with van der Waals surface area (Å²) in [6.07, 6.45) is 0.254. The van der Waals surface area contributed by atoms with Gasteiger partial charge in [-0.3, -0.25) is 9.88 Å². The molecule has 2 N–H and O–H groups in total. The van der Waals surface area contributed by atoms with Crippen LogP contribution in [0.5, 0.6) is 11.5 Å². The van der Waals surface area contributed by atoms with E-state index in [0.717, 1.165) is 49.7 Å². The number of aromatic nitrogens is 4. The minimum Gasteiger partial charge on any atom is -0.452 e. The van der Waals surface area contributed by atoms with E-state index in [1.807, 2.05) is 4.90 Å². The molecule has 0 radical (unpaired) electrons. The van der Waals surface area contributed by atoms with E-state index in [1.165, 1.54) is 12.4 Å². The first-order valence-electron chi connectivity index (χ1n) is 9.97. The van der Waals surface area contributed by atoms with Crippen molar-refractivity contribution in [1.82, 2.24) is 24.2 Å². The summed E-state index contributed by atoms with van der Waals surface area (Å²) >= 11 is 1.10. The molecule has 8 nitrogen and oxygen atoms in total. The number of likely N-dealkylation sites (tertiary alicyclic amines) is 1. The zero-order valence-electron chi connectivity index (χ0n) is 17.1. The van der Waals surface area contributed by atoms with Gasteiger partial charge in [-0.15, -0.1) is 0 Å². The van der Waals surface area contributed by atoms with E-state index >= 15 is 0 Å². The van der Waals surface area contributed by atoms with Crippen molar-refractivity contribution in [3.05, 3.63) is 48.2 Å². The van der Waals surface area contributed by atoms with Crippen LogP contribution in [-0.4, -0.2) is 48.6 Å². The zero-order chi connectivity index (χ0) is 22.7. The number of anilines is 2. The minimum absolute atomic E-state index is 0.0912. The average Bonchev–Trinajstić information content (AvgIpc) is 3.23. The molecule has 4 heterocycles. The number of aliphatic hydroxyl groups excluding tert-OH is 1. The lowest BCUT2D eigenvalue weighted by molar-refractivity contribution is -0.137. The van der Waals surface area contributed by atoms with E-state index in [9.17, 15) is 18.3 Å². The fourth-order valence-corrected chi connectivity index (χ4v) is 4.04. The van der Waals surface area contributed by atoms with Gasteiger partial charge in [0.1, 0.15) is 17.8 Å². The molecule has 0 spiro atoms. The second kappa shape index (κ2) is 9.35. The first kappa shape index (κ1) is 22.4. The van der Waals surface area contributed by atoms with E-state index in [0.29, 0.717) is 11.0 Å². The van der Waals surface area contributed by atoms with Gasteiger partial charge in [-0.05, 0) is 38.0 Å². The molecular formula is C20H21F3N6O2S. The van der Waals surface area contributed by atoms with E-state index in [4.69, 9.17) is 4.74 Å². The van der Waals surface area contributed by atoms with Crippen molar-refractivity contribution < 1.29 is 23.0 Å². The van der Waals surface area contributed by atoms with Crippen molar-refractivity contribution in [3.63, 3.8) is 0 Å². The largest absolute Gasteiger partial charge is 0.452 e. The quantitative estimate of drug-likeness (QED) is 0.552. The van der Waals surface area contributed by atoms with Gasteiger partial charge in [-0.1, -0.05) is 0 Å². The summed E-state index contributed by atoms with van der Waals surface area (Å²) in [5.74, 6) is 1.09. The van der Waals surface area contributed by atoms with Gasteiger partial charge in [-0.25, -0.2) is 9.97 Å². The van der Waals surface area contributed by atoms with Crippen LogP contribution in [0.2, 0.25) is 0 Å². The SMILES string of the molecule is CC(O)N1CCC(c2nsc(Nc3ncc(C(F)(F)F)cc3Oc3cccnc3)n2)CC1. The molecule has 1 atom stereocenters. The fraction of sp³-hybridized carbons (Fsp3) is 0.400. The van der Waals surface area contributed by atoms with Crippen LogP contribution in [0, 0.1) is 0 Å². The van der Waals surface area contributed by atoms with Gasteiger partial charge in [0.05, 0.1) is 11.8 Å². The molecule has 0 amide bonds. The van der Waals surface area contributed by atoms with Crippen LogP contribution in [0.1, 0.15) is 37.1 Å². The average molecular weight is 466 g/mol. The Kier molecular flexibility index (Phi) is 6.53. The summed E-state index contributed by atoms with van der Waals surface area (Å²) in [6, 6.07) is 4.08. The summed E-state index contributed by atoms with van der Waals surface area (Å²) in [6.45, 7) is 3.23. The monoisotopic (exact) mass is 466 g/mol. The number of halogens is 3. The van der Waals surface area contributed by atoms with Crippen molar-refractivity contribution in [2.24, 2.45) is 0 Å². The van der Waals surface area contributed by atoms with E-state index < -0.39 is 18.0 Å². The Morgan fingerprint density at radius 2 is 2.06 bits per heavy atom. The van der Waals surface area contributed by atoms with Gasteiger partial charge in [0.15, 0.2) is 11.6 Å². The third-order valence-corrected chi connectivity index (χ3v) is 5.78. The minimum atomic E-state index is -4.56. The number of hydrogen-bond donors (Lipinski definition) is 2. The van der Waals surface area contributed by atoms with Gasteiger partial charge in [0.2, 0.25) is 5.13 Å². The summed E-state index contributed by atoms with van der Waals surface area (Å²) in [7, 11) is 0. The molecule has 0 aromatic carbocycles. The molecule has 3 aromatic rings. The van der Waals surface area contributed by atoms with Crippen molar-refractivity contribution in [2.75, 3.05) is 18.4 Å². The van der Waals surface area contributed by atoms with Gasteiger partial charge >= 0.3 is 6.18 Å². The molecule has 3 aromatic heterocycles. The maximum atomic E-state index is 13.2. The Morgan fingerprint density at radius 1 is 1.28 bits per heavy atom. The zero-order valence-corrected chi connectivity index (χ0v) is 17.9. The Bertz CT molecular complexity index is 1040. The molecule has 0 aliphatic carbocycles. The van der Waals surface area contributed by atoms with Crippen LogP contribution < -0.4 is 10.1 Å². The Morgan fingerprint density at radius 3 is 2.72 bits per heavy atom. The third kappa shape index (κ3) is 5.31. The van der Waals surface area contributed by atoms with Crippen molar-refractivity contribution in [2.45, 2.75) is 38.1 Å². The number of piperidine rings is 1. The van der Waals surface area contributed by atoms with Crippen LogP contribution in [0.15, 0.2) is 36.8 Å². The van der Waals surface area contributed by atoms with Crippen LogP contribution >= 0.6 is 11.5 Å². The first-order chi connectivity index (χ1) is 15.3. The predicted molar refractivity (Wildman–Crippen MR) is 112 cm³/mol. The van der Waals surface area contributed by atoms with Crippen molar-refractivity contribution in [3.8, 4) is 11.5 Å². The maximum Gasteiger partial charge on any atom is 0.418 e. The highest BCUT2D eigenvalue weighted by Crippen LogP contribution is 2.37. The molecule has 1 aliphatic heterocycles. The lowest BCUT2D eigenvalue weighted by atomic mass is 9.96. The Balaban J connectivity index is 1.52.